The van der Waals surface area contributed by atoms with E-state index < -0.39 is 0 Å². The zero-order valence-electron chi connectivity index (χ0n) is 9.15. The monoisotopic (exact) mass is 203 g/mol. The van der Waals surface area contributed by atoms with Crippen LogP contribution in [0.25, 0.3) is 0 Å². The molecule has 0 atom stereocenters. The molecule has 2 nitrogen and oxygen atoms in total. The van der Waals surface area contributed by atoms with Gasteiger partial charge in [0, 0.05) is 25.3 Å². The van der Waals surface area contributed by atoms with Crippen molar-refractivity contribution in [2.24, 2.45) is 5.92 Å². The van der Waals surface area contributed by atoms with Crippen LogP contribution in [-0.4, -0.2) is 19.6 Å². The van der Waals surface area contributed by atoms with Gasteiger partial charge in [0.05, 0.1) is 0 Å². The van der Waals surface area contributed by atoms with E-state index in [0.29, 0.717) is 6.54 Å². The molecule has 1 fully saturated rings. The molecule has 1 N–H and O–H groups in total. The zero-order valence-corrected chi connectivity index (χ0v) is 9.15. The lowest BCUT2D eigenvalue weighted by Crippen LogP contribution is -2.33. The van der Waals surface area contributed by atoms with E-state index in [1.54, 1.807) is 0 Å². The highest BCUT2D eigenvalue weighted by molar-refractivity contribution is 5.46. The number of nitrogens with one attached hydrogen (secondary N) is 1. The number of rotatable bonds is 3. The van der Waals surface area contributed by atoms with Crippen molar-refractivity contribution in [1.82, 2.24) is 5.73 Å². The van der Waals surface area contributed by atoms with Gasteiger partial charge in [-0.1, -0.05) is 18.2 Å². The first kappa shape index (κ1) is 10.5. The molecule has 0 aliphatic carbocycles. The molecule has 1 saturated heterocycles. The average Bonchev–Trinajstić information content (AvgIpc) is 2.32. The summed E-state index contributed by atoms with van der Waals surface area (Å²) in [5.74, 6) is 0.794. The first-order chi connectivity index (χ1) is 7.40. The number of nitrogens with zero attached hydrogens (tertiary/aromatic N) is 1. The van der Waals surface area contributed by atoms with E-state index in [0.717, 1.165) is 25.4 Å². The maximum Gasteiger partial charge on any atom is 0.0366 e. The topological polar surface area (TPSA) is 27.0 Å². The second-order valence-corrected chi connectivity index (χ2v) is 4.30. The molecular formula is C13H19N2. The van der Waals surface area contributed by atoms with Crippen LogP contribution in [0.4, 0.5) is 5.69 Å². The predicted octanol–water partition coefficient (Wildman–Crippen LogP) is 2.58. The Morgan fingerprint density at radius 3 is 2.40 bits per heavy atom. The summed E-state index contributed by atoms with van der Waals surface area (Å²) >= 11 is 0. The fourth-order valence-corrected chi connectivity index (χ4v) is 2.32. The Morgan fingerprint density at radius 2 is 1.80 bits per heavy atom. The molecule has 15 heavy (non-hydrogen) atoms. The van der Waals surface area contributed by atoms with Gasteiger partial charge in [-0.3, -0.25) is 5.73 Å². The largest absolute Gasteiger partial charge is 0.372 e. The van der Waals surface area contributed by atoms with Crippen LogP contribution in [0.5, 0.6) is 0 Å². The third-order valence-corrected chi connectivity index (χ3v) is 3.29. The van der Waals surface area contributed by atoms with Crippen LogP contribution in [0.2, 0.25) is 0 Å². The molecule has 2 heteroatoms. The highest BCUT2D eigenvalue weighted by Gasteiger charge is 2.18. The van der Waals surface area contributed by atoms with Gasteiger partial charge in [-0.15, -0.1) is 0 Å². The summed E-state index contributed by atoms with van der Waals surface area (Å²) in [4.78, 5) is 2.46. The van der Waals surface area contributed by atoms with E-state index in [1.807, 2.05) is 0 Å². The van der Waals surface area contributed by atoms with Crippen LogP contribution >= 0.6 is 0 Å². The normalized spacial score (nSPS) is 18.1. The second kappa shape index (κ2) is 5.17. The Labute approximate surface area is 92.1 Å². The van der Waals surface area contributed by atoms with E-state index in [-0.39, 0.29) is 0 Å². The molecule has 1 aliphatic heterocycles. The van der Waals surface area contributed by atoms with Crippen LogP contribution in [0.1, 0.15) is 19.3 Å². The smallest absolute Gasteiger partial charge is 0.0366 e. The van der Waals surface area contributed by atoms with Crippen molar-refractivity contribution >= 4 is 5.69 Å². The molecule has 1 aromatic rings. The Balaban J connectivity index is 1.88. The van der Waals surface area contributed by atoms with Gasteiger partial charge in [-0.2, -0.15) is 0 Å². The number of hydrogen-bond acceptors (Lipinski definition) is 1. The molecule has 1 heterocycles. The van der Waals surface area contributed by atoms with Crippen LogP contribution in [0.15, 0.2) is 30.3 Å². The minimum Gasteiger partial charge on any atom is -0.372 e. The third kappa shape index (κ3) is 2.72. The Kier molecular flexibility index (Phi) is 3.62. The van der Waals surface area contributed by atoms with Gasteiger partial charge in [-0.25, -0.2) is 0 Å². The summed E-state index contributed by atoms with van der Waals surface area (Å²) in [6.07, 6.45) is 3.60. The van der Waals surface area contributed by atoms with Crippen molar-refractivity contribution in [2.45, 2.75) is 19.3 Å². The third-order valence-electron chi connectivity index (χ3n) is 3.29. The lowest BCUT2D eigenvalue weighted by Gasteiger charge is -2.33. The minimum atomic E-state index is 0.593. The van der Waals surface area contributed by atoms with Crippen molar-refractivity contribution in [3.05, 3.63) is 30.3 Å². The molecule has 1 aromatic carbocycles. The second-order valence-electron chi connectivity index (χ2n) is 4.30. The molecule has 0 spiro atoms. The summed E-state index contributed by atoms with van der Waals surface area (Å²) in [5.41, 5.74) is 8.59. The maximum absolute atomic E-state index is 7.24. The van der Waals surface area contributed by atoms with Gasteiger partial charge in [0.1, 0.15) is 0 Å². The molecule has 0 bridgehead atoms. The quantitative estimate of drug-likeness (QED) is 0.741. The first-order valence-corrected chi connectivity index (χ1v) is 5.85. The number of para-hydroxylation sites is 1. The van der Waals surface area contributed by atoms with Gasteiger partial charge in [-0.05, 0) is 37.3 Å². The Morgan fingerprint density at radius 1 is 1.13 bits per heavy atom. The molecule has 1 aliphatic rings. The molecule has 1 radical (unpaired) electrons. The van der Waals surface area contributed by atoms with Gasteiger partial charge in [0.2, 0.25) is 0 Å². The van der Waals surface area contributed by atoms with Crippen LogP contribution in [0.3, 0.4) is 0 Å². The summed E-state index contributed by atoms with van der Waals surface area (Å²) < 4.78 is 0. The number of anilines is 1. The van der Waals surface area contributed by atoms with Gasteiger partial charge in [0.15, 0.2) is 0 Å². The van der Waals surface area contributed by atoms with Gasteiger partial charge < -0.3 is 4.90 Å². The van der Waals surface area contributed by atoms with E-state index in [9.17, 15) is 0 Å². The molecule has 0 unspecified atom stereocenters. The minimum absolute atomic E-state index is 0.593. The van der Waals surface area contributed by atoms with Crippen molar-refractivity contribution in [2.75, 3.05) is 24.5 Å². The first-order valence-electron chi connectivity index (χ1n) is 5.85. The molecule has 0 saturated carbocycles. The summed E-state index contributed by atoms with van der Waals surface area (Å²) in [6.45, 7) is 2.92. The fraction of sp³-hybridized carbons (Fsp3) is 0.538. The van der Waals surface area contributed by atoms with Crippen LogP contribution < -0.4 is 10.6 Å². The Bertz CT molecular complexity index is 276. The lowest BCUT2D eigenvalue weighted by molar-refractivity contribution is 0.385. The van der Waals surface area contributed by atoms with E-state index in [1.165, 1.54) is 18.5 Å². The molecule has 0 aromatic heterocycles. The number of piperidine rings is 1. The highest BCUT2D eigenvalue weighted by Crippen LogP contribution is 2.24. The average molecular weight is 203 g/mol. The van der Waals surface area contributed by atoms with E-state index in [2.05, 4.69) is 35.2 Å². The van der Waals surface area contributed by atoms with E-state index in [4.69, 9.17) is 5.73 Å². The zero-order chi connectivity index (χ0) is 10.5. The van der Waals surface area contributed by atoms with Crippen LogP contribution in [0, 0.1) is 5.92 Å². The molecule has 0 amide bonds. The lowest BCUT2D eigenvalue weighted by atomic mass is 9.93. The summed E-state index contributed by atoms with van der Waals surface area (Å²) in [7, 11) is 0. The maximum atomic E-state index is 7.24. The van der Waals surface area contributed by atoms with Crippen molar-refractivity contribution in [3.8, 4) is 0 Å². The predicted molar refractivity (Wildman–Crippen MR) is 64.0 cm³/mol. The Hall–Kier alpha value is -1.02. The standard InChI is InChI=1S/C13H19N2/c14-9-6-12-7-10-15(11-8-12)13-4-2-1-3-5-13/h1-5,12,14H,6-11H2. The van der Waals surface area contributed by atoms with Crippen molar-refractivity contribution < 1.29 is 0 Å². The number of benzene rings is 1. The van der Waals surface area contributed by atoms with Gasteiger partial charge in [0.25, 0.3) is 0 Å². The summed E-state index contributed by atoms with van der Waals surface area (Å²) in [6, 6.07) is 10.6. The number of hydrogen-bond donors (Lipinski definition) is 0. The SMILES string of the molecule is [NH]CCC1CCN(c2ccccc2)CC1. The van der Waals surface area contributed by atoms with Crippen molar-refractivity contribution in [3.63, 3.8) is 0 Å². The van der Waals surface area contributed by atoms with E-state index >= 15 is 0 Å². The van der Waals surface area contributed by atoms with Crippen LogP contribution in [-0.2, 0) is 0 Å². The molecule has 81 valence electrons. The van der Waals surface area contributed by atoms with Crippen molar-refractivity contribution in [1.29, 1.82) is 0 Å². The molecule has 2 rings (SSSR count). The van der Waals surface area contributed by atoms with Gasteiger partial charge >= 0.3 is 0 Å². The molecular weight excluding hydrogens is 184 g/mol. The fourth-order valence-electron chi connectivity index (χ4n) is 2.32. The summed E-state index contributed by atoms with van der Waals surface area (Å²) in [5, 5.41) is 0. The highest BCUT2D eigenvalue weighted by atomic mass is 15.1.